The number of carbonyl (C=O) groups is 2. The number of hydrogen-bond donors (Lipinski definition) is 2. The summed E-state index contributed by atoms with van der Waals surface area (Å²) < 4.78 is 0. The minimum absolute atomic E-state index is 0.272. The lowest BCUT2D eigenvalue weighted by Crippen LogP contribution is -2.23. The monoisotopic (exact) mass is 331 g/mol. The molecule has 0 aliphatic carbocycles. The van der Waals surface area contributed by atoms with Crippen LogP contribution in [-0.2, 0) is 6.54 Å². The molecule has 0 radical (unpaired) electrons. The number of benzene rings is 2. The highest BCUT2D eigenvalue weighted by Crippen LogP contribution is 2.09. The van der Waals surface area contributed by atoms with E-state index in [-0.39, 0.29) is 11.8 Å². The average Bonchev–Trinajstić information content (AvgIpc) is 2.68. The number of pyridine rings is 1. The van der Waals surface area contributed by atoms with Crippen LogP contribution in [-0.4, -0.2) is 16.8 Å². The number of anilines is 1. The summed E-state index contributed by atoms with van der Waals surface area (Å²) in [4.78, 5) is 28.6. The van der Waals surface area contributed by atoms with Gasteiger partial charge < -0.3 is 10.6 Å². The third-order valence-corrected chi connectivity index (χ3v) is 3.59. The van der Waals surface area contributed by atoms with Crippen LogP contribution in [0.1, 0.15) is 26.3 Å². The van der Waals surface area contributed by atoms with Gasteiger partial charge in [-0.3, -0.25) is 14.6 Å². The second kappa shape index (κ2) is 7.88. The Morgan fingerprint density at radius 2 is 1.40 bits per heavy atom. The Bertz CT molecular complexity index is 864. The van der Waals surface area contributed by atoms with Crippen LogP contribution < -0.4 is 10.6 Å². The molecule has 5 nitrogen and oxygen atoms in total. The molecule has 0 bridgehead atoms. The Morgan fingerprint density at radius 1 is 0.800 bits per heavy atom. The maximum atomic E-state index is 12.3. The van der Waals surface area contributed by atoms with Gasteiger partial charge in [0.1, 0.15) is 0 Å². The summed E-state index contributed by atoms with van der Waals surface area (Å²) in [6.45, 7) is 0.417. The molecule has 0 saturated carbocycles. The van der Waals surface area contributed by atoms with E-state index in [0.717, 1.165) is 5.56 Å². The minimum Gasteiger partial charge on any atom is -0.348 e. The first-order valence-electron chi connectivity index (χ1n) is 7.86. The maximum Gasteiger partial charge on any atom is 0.257 e. The van der Waals surface area contributed by atoms with Crippen molar-refractivity contribution in [2.75, 3.05) is 5.32 Å². The molecule has 124 valence electrons. The Balaban J connectivity index is 1.66. The van der Waals surface area contributed by atoms with Gasteiger partial charge in [-0.1, -0.05) is 48.5 Å². The highest BCUT2D eigenvalue weighted by molar-refractivity contribution is 6.05. The molecule has 0 aliphatic rings. The van der Waals surface area contributed by atoms with Crippen molar-refractivity contribution in [3.8, 4) is 0 Å². The van der Waals surface area contributed by atoms with E-state index in [9.17, 15) is 9.59 Å². The van der Waals surface area contributed by atoms with Crippen LogP contribution in [0.3, 0.4) is 0 Å². The lowest BCUT2D eigenvalue weighted by atomic mass is 10.1. The van der Waals surface area contributed by atoms with Crippen molar-refractivity contribution in [3.63, 3.8) is 0 Å². The molecule has 0 unspecified atom stereocenters. The first-order valence-corrected chi connectivity index (χ1v) is 7.86. The molecule has 0 saturated heterocycles. The molecule has 0 aliphatic heterocycles. The van der Waals surface area contributed by atoms with Gasteiger partial charge in [0.2, 0.25) is 0 Å². The van der Waals surface area contributed by atoms with Gasteiger partial charge in [0.05, 0.1) is 11.1 Å². The van der Waals surface area contributed by atoms with Crippen molar-refractivity contribution < 1.29 is 9.59 Å². The summed E-state index contributed by atoms with van der Waals surface area (Å²) in [5.74, 6) is -0.581. The van der Waals surface area contributed by atoms with Gasteiger partial charge in [0, 0.05) is 24.6 Å². The summed E-state index contributed by atoms with van der Waals surface area (Å²) >= 11 is 0. The average molecular weight is 331 g/mol. The van der Waals surface area contributed by atoms with E-state index in [1.165, 1.54) is 18.5 Å². The van der Waals surface area contributed by atoms with Gasteiger partial charge in [-0.25, -0.2) is 0 Å². The van der Waals surface area contributed by atoms with E-state index in [1.54, 1.807) is 12.1 Å². The van der Waals surface area contributed by atoms with Gasteiger partial charge in [-0.2, -0.15) is 0 Å². The third-order valence-electron chi connectivity index (χ3n) is 3.59. The van der Waals surface area contributed by atoms with Crippen molar-refractivity contribution >= 4 is 17.5 Å². The number of amides is 2. The van der Waals surface area contributed by atoms with E-state index in [0.29, 0.717) is 23.4 Å². The Hall–Kier alpha value is -3.47. The highest BCUT2D eigenvalue weighted by atomic mass is 16.2. The maximum absolute atomic E-state index is 12.3. The van der Waals surface area contributed by atoms with E-state index < -0.39 is 0 Å². The summed E-state index contributed by atoms with van der Waals surface area (Å²) in [6.07, 6.45) is 2.88. The third kappa shape index (κ3) is 4.51. The fraction of sp³-hybridized carbons (Fsp3) is 0.0500. The number of hydrogen-bond acceptors (Lipinski definition) is 3. The topological polar surface area (TPSA) is 71.1 Å². The molecule has 2 N–H and O–H groups in total. The first kappa shape index (κ1) is 16.4. The van der Waals surface area contributed by atoms with E-state index in [4.69, 9.17) is 0 Å². The van der Waals surface area contributed by atoms with Crippen LogP contribution in [0.5, 0.6) is 0 Å². The lowest BCUT2D eigenvalue weighted by Gasteiger charge is -2.08. The fourth-order valence-corrected chi connectivity index (χ4v) is 2.29. The lowest BCUT2D eigenvalue weighted by molar-refractivity contribution is 0.0950. The smallest absolute Gasteiger partial charge is 0.257 e. The van der Waals surface area contributed by atoms with Crippen molar-refractivity contribution in [1.29, 1.82) is 0 Å². The molecule has 0 spiro atoms. The molecule has 2 aromatic carbocycles. The van der Waals surface area contributed by atoms with Crippen molar-refractivity contribution in [1.82, 2.24) is 10.3 Å². The fourth-order valence-electron chi connectivity index (χ4n) is 2.29. The number of rotatable bonds is 5. The van der Waals surface area contributed by atoms with Crippen molar-refractivity contribution in [3.05, 3.63) is 95.8 Å². The van der Waals surface area contributed by atoms with Crippen LogP contribution in [0, 0.1) is 0 Å². The molecule has 3 rings (SSSR count). The summed E-state index contributed by atoms with van der Waals surface area (Å²) in [7, 11) is 0. The van der Waals surface area contributed by atoms with Gasteiger partial charge in [-0.05, 0) is 23.8 Å². The Kier molecular flexibility index (Phi) is 5.16. The quantitative estimate of drug-likeness (QED) is 0.754. The number of nitrogens with one attached hydrogen (secondary N) is 2. The molecule has 25 heavy (non-hydrogen) atoms. The predicted octanol–water partition coefficient (Wildman–Crippen LogP) is 3.26. The van der Waals surface area contributed by atoms with Crippen molar-refractivity contribution in [2.24, 2.45) is 0 Å². The molecule has 5 heteroatoms. The van der Waals surface area contributed by atoms with Crippen LogP contribution in [0.25, 0.3) is 0 Å². The zero-order chi connectivity index (χ0) is 17.5. The predicted molar refractivity (Wildman–Crippen MR) is 96.2 cm³/mol. The second-order valence-corrected chi connectivity index (χ2v) is 5.45. The molecule has 1 heterocycles. The number of nitrogens with zero attached hydrogens (tertiary/aromatic N) is 1. The van der Waals surface area contributed by atoms with Gasteiger partial charge in [0.15, 0.2) is 0 Å². The first-order chi connectivity index (χ1) is 12.2. The molecular formula is C20H17N3O2. The van der Waals surface area contributed by atoms with E-state index in [2.05, 4.69) is 15.6 Å². The minimum atomic E-state index is -0.309. The van der Waals surface area contributed by atoms with Gasteiger partial charge >= 0.3 is 0 Å². The van der Waals surface area contributed by atoms with Crippen LogP contribution in [0.2, 0.25) is 0 Å². The van der Waals surface area contributed by atoms with Crippen molar-refractivity contribution in [2.45, 2.75) is 6.54 Å². The molecule has 3 aromatic rings. The largest absolute Gasteiger partial charge is 0.348 e. The van der Waals surface area contributed by atoms with E-state index >= 15 is 0 Å². The summed E-state index contributed by atoms with van der Waals surface area (Å²) in [6, 6.07) is 20.3. The van der Waals surface area contributed by atoms with Gasteiger partial charge in [0.25, 0.3) is 11.8 Å². The van der Waals surface area contributed by atoms with Gasteiger partial charge in [-0.15, -0.1) is 0 Å². The summed E-state index contributed by atoms with van der Waals surface area (Å²) in [5.41, 5.74) is 2.36. The molecular weight excluding hydrogens is 314 g/mol. The zero-order valence-electron chi connectivity index (χ0n) is 13.5. The zero-order valence-corrected chi connectivity index (χ0v) is 13.5. The van der Waals surface area contributed by atoms with E-state index in [1.807, 2.05) is 48.5 Å². The number of carbonyl (C=O) groups excluding carboxylic acids is 2. The van der Waals surface area contributed by atoms with Crippen LogP contribution in [0.15, 0.2) is 79.1 Å². The Morgan fingerprint density at radius 3 is 2.08 bits per heavy atom. The van der Waals surface area contributed by atoms with Crippen LogP contribution >= 0.6 is 0 Å². The molecule has 1 aromatic heterocycles. The standard InChI is InChI=1S/C20H17N3O2/c24-19(22-12-15-7-3-1-4-8-15)16-11-17(14-21-13-16)20(25)23-18-9-5-2-6-10-18/h1-11,13-14H,12H2,(H,22,24)(H,23,25). The highest BCUT2D eigenvalue weighted by Gasteiger charge is 2.11. The molecule has 2 amide bonds. The molecule has 0 fully saturated rings. The summed E-state index contributed by atoms with van der Waals surface area (Å²) in [5, 5.41) is 5.59. The van der Waals surface area contributed by atoms with Crippen LogP contribution in [0.4, 0.5) is 5.69 Å². The normalized spacial score (nSPS) is 10.1. The number of para-hydroxylation sites is 1. The molecule has 0 atom stereocenters. The SMILES string of the molecule is O=C(NCc1ccccc1)c1cncc(C(=O)Nc2ccccc2)c1. The Labute approximate surface area is 145 Å². The number of aromatic nitrogens is 1. The second-order valence-electron chi connectivity index (χ2n) is 5.45.